The zero-order chi connectivity index (χ0) is 27.3. The van der Waals surface area contributed by atoms with E-state index >= 15 is 0 Å². The van der Waals surface area contributed by atoms with E-state index in [1.807, 2.05) is 12.1 Å². The van der Waals surface area contributed by atoms with Crippen molar-refractivity contribution in [3.63, 3.8) is 0 Å². The quantitative estimate of drug-likeness (QED) is 0.368. The minimum atomic E-state index is -3.19. The van der Waals surface area contributed by atoms with Gasteiger partial charge in [0, 0.05) is 17.0 Å². The van der Waals surface area contributed by atoms with Crippen molar-refractivity contribution in [2.24, 2.45) is 11.3 Å². The molecule has 1 N–H and O–H groups in total. The number of rotatable bonds is 6. The molecule has 4 nitrogen and oxygen atoms in total. The molecule has 220 valence electrons. The maximum Gasteiger partial charge on any atom is 0.175 e. The molecule has 4 atom stereocenters. The number of sulfone groups is 1. The second-order valence-electron chi connectivity index (χ2n) is 13.5. The molecule has 4 fully saturated rings. The third-order valence-electron chi connectivity index (χ3n) is 10.7. The van der Waals surface area contributed by atoms with Crippen molar-refractivity contribution in [1.29, 1.82) is 0 Å². The van der Waals surface area contributed by atoms with Gasteiger partial charge in [-0.2, -0.15) is 11.8 Å². The van der Waals surface area contributed by atoms with Gasteiger partial charge in [-0.05, 0) is 93.1 Å². The van der Waals surface area contributed by atoms with E-state index in [4.69, 9.17) is 4.74 Å². The number of thioether (sulfide) groups is 1. The Morgan fingerprint density at radius 3 is 2.05 bits per heavy atom. The zero-order valence-electron chi connectivity index (χ0n) is 24.6. The lowest BCUT2D eigenvalue weighted by molar-refractivity contribution is -0.102. The number of piperidine rings is 1. The van der Waals surface area contributed by atoms with Gasteiger partial charge in [0.1, 0.15) is 6.23 Å². The fourth-order valence-electron chi connectivity index (χ4n) is 8.53. The molecule has 0 radical (unpaired) electrons. The molecule has 0 amide bonds. The molecular weight excluding hydrogens is 523 g/mol. The molecule has 2 heterocycles. The Kier molecular flexibility index (Phi) is 10.1. The molecular formula is C33H53NO3S2. The third kappa shape index (κ3) is 7.27. The lowest BCUT2D eigenvalue weighted by Gasteiger charge is -2.49. The number of nitrogens with one attached hydrogen (secondary N) is 1. The second-order valence-corrected chi connectivity index (χ2v) is 16.9. The molecule has 1 aromatic rings. The van der Waals surface area contributed by atoms with Gasteiger partial charge >= 0.3 is 0 Å². The summed E-state index contributed by atoms with van der Waals surface area (Å²) in [6.07, 6.45) is 25.5. The number of benzene rings is 1. The maximum absolute atomic E-state index is 12.1. The van der Waals surface area contributed by atoms with E-state index in [1.165, 1.54) is 120 Å². The first kappa shape index (κ1) is 29.9. The molecule has 0 bridgehead atoms. The fourth-order valence-corrected chi connectivity index (χ4v) is 10.9. The minimum Gasteiger partial charge on any atom is -0.359 e. The summed E-state index contributed by atoms with van der Waals surface area (Å²) in [5, 5.41) is 3.95. The molecule has 39 heavy (non-hydrogen) atoms. The fraction of sp³-hybridized carbons (Fsp3) is 0.818. The van der Waals surface area contributed by atoms with Crippen LogP contribution in [0.5, 0.6) is 0 Å². The summed E-state index contributed by atoms with van der Waals surface area (Å²) >= 11 is 2.23. The van der Waals surface area contributed by atoms with E-state index in [2.05, 4.69) is 24.0 Å². The summed E-state index contributed by atoms with van der Waals surface area (Å²) < 4.78 is 31.7. The lowest BCUT2D eigenvalue weighted by Crippen LogP contribution is -2.52. The van der Waals surface area contributed by atoms with Crippen molar-refractivity contribution >= 4 is 21.6 Å². The first-order chi connectivity index (χ1) is 18.8. The highest BCUT2D eigenvalue weighted by atomic mass is 32.2. The molecule has 2 saturated heterocycles. The molecule has 0 aromatic heterocycles. The zero-order valence-corrected chi connectivity index (χ0v) is 26.2. The summed E-state index contributed by atoms with van der Waals surface area (Å²) in [6.45, 7) is 2.40. The monoisotopic (exact) mass is 575 g/mol. The highest BCUT2D eigenvalue weighted by Gasteiger charge is 2.49. The van der Waals surface area contributed by atoms with E-state index in [0.29, 0.717) is 10.3 Å². The number of hydrogen-bond donors (Lipinski definition) is 1. The van der Waals surface area contributed by atoms with Crippen LogP contribution in [0.2, 0.25) is 0 Å². The van der Waals surface area contributed by atoms with E-state index < -0.39 is 9.84 Å². The largest absolute Gasteiger partial charge is 0.359 e. The van der Waals surface area contributed by atoms with Crippen molar-refractivity contribution < 1.29 is 13.2 Å². The summed E-state index contributed by atoms with van der Waals surface area (Å²) in [5.74, 6) is 2.06. The van der Waals surface area contributed by atoms with E-state index in [1.54, 1.807) is 12.1 Å². The van der Waals surface area contributed by atoms with Gasteiger partial charge in [0.2, 0.25) is 0 Å². The second kappa shape index (κ2) is 13.2. The molecule has 5 rings (SSSR count). The van der Waals surface area contributed by atoms with Crippen LogP contribution in [0.1, 0.15) is 134 Å². The van der Waals surface area contributed by atoms with Gasteiger partial charge in [0.25, 0.3) is 0 Å². The smallest absolute Gasteiger partial charge is 0.175 e. The standard InChI is InChI=1S/C33H53NO3S2/c1-26(33(22-13-23-38-33)28-14-9-5-3-6-10-15-28)37-31-25-32(20-11-7-4-8-12-21-32)24-30(34-31)27-16-18-29(19-17-27)39(2,35)36/h16-19,26,28,30-31,34H,3-15,20-25H2,1-2H3/t26-,30?,31?,33?/m1/s1. The van der Waals surface area contributed by atoms with Crippen LogP contribution in [-0.2, 0) is 14.6 Å². The van der Waals surface area contributed by atoms with Gasteiger partial charge in [0.15, 0.2) is 9.84 Å². The minimum absolute atomic E-state index is 0.0550. The molecule has 1 spiro atoms. The predicted octanol–water partition coefficient (Wildman–Crippen LogP) is 8.60. The molecule has 4 aliphatic rings. The highest BCUT2D eigenvalue weighted by Crippen LogP contribution is 2.53. The van der Waals surface area contributed by atoms with Crippen LogP contribution in [0.4, 0.5) is 0 Å². The average Bonchev–Trinajstić information content (AvgIpc) is 3.37. The van der Waals surface area contributed by atoms with Crippen molar-refractivity contribution in [2.45, 2.75) is 151 Å². The Hall–Kier alpha value is -0.560. The summed E-state index contributed by atoms with van der Waals surface area (Å²) in [5.41, 5.74) is 1.52. The molecule has 2 saturated carbocycles. The van der Waals surface area contributed by atoms with E-state index in [9.17, 15) is 8.42 Å². The van der Waals surface area contributed by atoms with Crippen LogP contribution in [0.3, 0.4) is 0 Å². The van der Waals surface area contributed by atoms with Crippen LogP contribution in [0.15, 0.2) is 29.2 Å². The van der Waals surface area contributed by atoms with Crippen LogP contribution >= 0.6 is 11.8 Å². The molecule has 1 aromatic carbocycles. The SMILES string of the molecule is C[C@@H](OC1CC2(CCCCCCC2)CC(c2ccc(S(C)(=O)=O)cc2)N1)C1(C2CCCCCCC2)CCCS1. The first-order valence-electron chi connectivity index (χ1n) is 16.2. The Bertz CT molecular complexity index is 1000. The van der Waals surface area contributed by atoms with Gasteiger partial charge in [-0.1, -0.05) is 76.3 Å². The third-order valence-corrected chi connectivity index (χ3v) is 13.7. The topological polar surface area (TPSA) is 55.4 Å². The van der Waals surface area contributed by atoms with Crippen molar-refractivity contribution in [3.8, 4) is 0 Å². The van der Waals surface area contributed by atoms with E-state index in [0.717, 1.165) is 18.8 Å². The number of hydrogen-bond acceptors (Lipinski definition) is 5. The lowest BCUT2D eigenvalue weighted by atomic mass is 9.67. The normalized spacial score (nSPS) is 32.2. The van der Waals surface area contributed by atoms with Crippen LogP contribution < -0.4 is 5.32 Å². The van der Waals surface area contributed by atoms with Crippen molar-refractivity contribution in [2.75, 3.05) is 12.0 Å². The first-order valence-corrected chi connectivity index (χ1v) is 19.0. The molecule has 2 aliphatic heterocycles. The Balaban J connectivity index is 1.38. The van der Waals surface area contributed by atoms with Gasteiger partial charge in [0.05, 0.1) is 11.0 Å². The average molecular weight is 576 g/mol. The summed E-state index contributed by atoms with van der Waals surface area (Å²) in [4.78, 5) is 0.406. The van der Waals surface area contributed by atoms with Crippen LogP contribution in [0, 0.1) is 11.3 Å². The van der Waals surface area contributed by atoms with Crippen molar-refractivity contribution in [1.82, 2.24) is 5.32 Å². The predicted molar refractivity (Wildman–Crippen MR) is 164 cm³/mol. The van der Waals surface area contributed by atoms with Gasteiger partial charge in [-0.3, -0.25) is 5.32 Å². The Morgan fingerprint density at radius 2 is 1.46 bits per heavy atom. The molecule has 3 unspecified atom stereocenters. The van der Waals surface area contributed by atoms with E-state index in [-0.39, 0.29) is 23.1 Å². The molecule has 6 heteroatoms. The van der Waals surface area contributed by atoms with Gasteiger partial charge in [-0.15, -0.1) is 0 Å². The van der Waals surface area contributed by atoms with Crippen LogP contribution in [-0.4, -0.2) is 37.5 Å². The Labute approximate surface area is 243 Å². The molecule has 2 aliphatic carbocycles. The van der Waals surface area contributed by atoms with Crippen LogP contribution in [0.25, 0.3) is 0 Å². The Morgan fingerprint density at radius 1 is 0.846 bits per heavy atom. The summed E-state index contributed by atoms with van der Waals surface area (Å²) in [7, 11) is -3.19. The summed E-state index contributed by atoms with van der Waals surface area (Å²) in [6, 6.07) is 7.88. The maximum atomic E-state index is 12.1. The van der Waals surface area contributed by atoms with Gasteiger partial charge < -0.3 is 4.74 Å². The highest BCUT2D eigenvalue weighted by molar-refractivity contribution is 8.01. The number of ether oxygens (including phenoxy) is 1. The van der Waals surface area contributed by atoms with Gasteiger partial charge in [-0.25, -0.2) is 8.42 Å². The van der Waals surface area contributed by atoms with Crippen molar-refractivity contribution in [3.05, 3.63) is 29.8 Å².